The lowest BCUT2D eigenvalue weighted by molar-refractivity contribution is -0.154. The summed E-state index contributed by atoms with van der Waals surface area (Å²) in [5.74, 6) is -2.65. The average molecular weight is 500 g/mol. The van der Waals surface area contributed by atoms with Gasteiger partial charge in [0.15, 0.2) is 0 Å². The largest absolute Gasteiger partial charge is 0.466 e. The summed E-state index contributed by atoms with van der Waals surface area (Å²) in [5, 5.41) is 9.75. The molecule has 3 saturated heterocycles. The van der Waals surface area contributed by atoms with E-state index in [1.54, 1.807) is 17.9 Å². The Morgan fingerprint density at radius 2 is 1.89 bits per heavy atom. The number of hydrogen-bond donors (Lipinski definition) is 1. The molecule has 1 aromatic rings. The summed E-state index contributed by atoms with van der Waals surface area (Å²) in [7, 11) is 0. The topological polar surface area (TPSA) is 99.6 Å². The number of esters is 1. The summed E-state index contributed by atoms with van der Waals surface area (Å²) in [6, 6.07) is 6.80. The smallest absolute Gasteiger partial charge is 0.312 e. The SMILES string of the molecule is C=CCN(C(=O)C1N(CCO)C(=O)[C@@H]2[C@H](C(=O)OCC)[C@@H]3CCC12O3)c1ccc(N(CC)CC)cc1. The first-order valence-corrected chi connectivity index (χ1v) is 12.9. The number of benzene rings is 1. The van der Waals surface area contributed by atoms with E-state index < -0.39 is 35.6 Å². The molecule has 9 nitrogen and oxygen atoms in total. The van der Waals surface area contributed by atoms with Crippen LogP contribution >= 0.6 is 0 Å². The fourth-order valence-electron chi connectivity index (χ4n) is 6.32. The Balaban J connectivity index is 1.70. The van der Waals surface area contributed by atoms with Crippen LogP contribution in [0.5, 0.6) is 0 Å². The molecule has 4 rings (SSSR count). The second-order valence-corrected chi connectivity index (χ2v) is 9.49. The quantitative estimate of drug-likeness (QED) is 0.367. The Morgan fingerprint density at radius 3 is 2.47 bits per heavy atom. The lowest BCUT2D eigenvalue weighted by atomic mass is 9.70. The molecule has 3 heterocycles. The minimum atomic E-state index is -1.12. The molecule has 1 aromatic carbocycles. The maximum Gasteiger partial charge on any atom is 0.312 e. The van der Waals surface area contributed by atoms with E-state index in [1.165, 1.54) is 4.90 Å². The number of aliphatic hydroxyl groups is 1. The molecule has 0 aliphatic carbocycles. The lowest BCUT2D eigenvalue weighted by Crippen LogP contribution is -2.56. The van der Waals surface area contributed by atoms with Gasteiger partial charge in [0.1, 0.15) is 11.6 Å². The molecule has 0 radical (unpaired) electrons. The Morgan fingerprint density at radius 1 is 1.22 bits per heavy atom. The number of ether oxygens (including phenoxy) is 2. The standard InChI is InChI=1S/C27H37N3O6/c1-5-15-29(19-11-9-18(10-12-19)28(6-2)7-3)25(33)23-27-14-13-20(36-27)21(26(34)35-8-4)22(27)24(32)30(23)16-17-31/h5,9-12,20-23,31H,1,6-8,13-17H2,2-4H3/t20-,21+,22-,23?,27?/m0/s1. The number of rotatable bonds is 11. The van der Waals surface area contributed by atoms with Gasteiger partial charge in [0.05, 0.1) is 31.2 Å². The highest BCUT2D eigenvalue weighted by Gasteiger charge is 2.75. The molecule has 1 spiro atoms. The molecule has 36 heavy (non-hydrogen) atoms. The van der Waals surface area contributed by atoms with E-state index in [0.29, 0.717) is 18.5 Å². The van der Waals surface area contributed by atoms with Crippen LogP contribution in [0.2, 0.25) is 0 Å². The van der Waals surface area contributed by atoms with Gasteiger partial charge in [0.2, 0.25) is 5.91 Å². The zero-order valence-corrected chi connectivity index (χ0v) is 21.4. The van der Waals surface area contributed by atoms with Gasteiger partial charge in [-0.25, -0.2) is 0 Å². The van der Waals surface area contributed by atoms with Gasteiger partial charge in [-0.3, -0.25) is 14.4 Å². The van der Waals surface area contributed by atoms with Crippen molar-refractivity contribution in [3.8, 4) is 0 Å². The van der Waals surface area contributed by atoms with Gasteiger partial charge in [0, 0.05) is 37.6 Å². The number of amides is 2. The number of carbonyl (C=O) groups excluding carboxylic acids is 3. The maximum absolute atomic E-state index is 14.2. The number of carbonyl (C=O) groups is 3. The summed E-state index contributed by atoms with van der Waals surface area (Å²) < 4.78 is 11.6. The van der Waals surface area contributed by atoms with Gasteiger partial charge in [-0.15, -0.1) is 6.58 Å². The number of nitrogens with zero attached hydrogens (tertiary/aromatic N) is 3. The van der Waals surface area contributed by atoms with Crippen LogP contribution in [-0.2, 0) is 23.9 Å². The minimum absolute atomic E-state index is 0.0140. The van der Waals surface area contributed by atoms with E-state index in [1.807, 2.05) is 24.3 Å². The lowest BCUT2D eigenvalue weighted by Gasteiger charge is -2.36. The molecule has 2 amide bonds. The first kappa shape index (κ1) is 26.2. The Hall–Kier alpha value is -2.91. The summed E-state index contributed by atoms with van der Waals surface area (Å²) in [6.45, 7) is 11.6. The zero-order valence-electron chi connectivity index (χ0n) is 21.4. The highest BCUT2D eigenvalue weighted by Crippen LogP contribution is 2.58. The van der Waals surface area contributed by atoms with Crippen molar-refractivity contribution in [3.05, 3.63) is 36.9 Å². The van der Waals surface area contributed by atoms with Gasteiger partial charge in [-0.1, -0.05) is 6.08 Å². The highest BCUT2D eigenvalue weighted by molar-refractivity contribution is 6.04. The van der Waals surface area contributed by atoms with Gasteiger partial charge in [0.25, 0.3) is 5.91 Å². The number of likely N-dealkylation sites (tertiary alicyclic amines) is 1. The molecule has 2 unspecified atom stereocenters. The van der Waals surface area contributed by atoms with Crippen LogP contribution in [0.3, 0.4) is 0 Å². The first-order chi connectivity index (χ1) is 17.4. The Kier molecular flexibility index (Phi) is 7.70. The molecular weight excluding hydrogens is 462 g/mol. The Bertz CT molecular complexity index is 994. The van der Waals surface area contributed by atoms with E-state index in [9.17, 15) is 19.5 Å². The Labute approximate surface area is 212 Å². The molecule has 5 atom stereocenters. The molecule has 3 aliphatic rings. The molecule has 3 fully saturated rings. The molecule has 1 N–H and O–H groups in total. The fourth-order valence-corrected chi connectivity index (χ4v) is 6.32. The van der Waals surface area contributed by atoms with Gasteiger partial charge >= 0.3 is 5.97 Å². The van der Waals surface area contributed by atoms with E-state index >= 15 is 0 Å². The van der Waals surface area contributed by atoms with Gasteiger partial charge in [-0.05, 0) is 57.9 Å². The van der Waals surface area contributed by atoms with E-state index in [0.717, 1.165) is 18.8 Å². The van der Waals surface area contributed by atoms with Crippen LogP contribution in [0.1, 0.15) is 33.6 Å². The normalized spacial score (nSPS) is 28.2. The van der Waals surface area contributed by atoms with Crippen LogP contribution in [0.4, 0.5) is 11.4 Å². The molecule has 0 saturated carbocycles. The van der Waals surface area contributed by atoms with Gasteiger partial charge < -0.3 is 29.3 Å². The number of hydrogen-bond acceptors (Lipinski definition) is 7. The van der Waals surface area contributed by atoms with Crippen LogP contribution in [0, 0.1) is 11.8 Å². The number of anilines is 2. The predicted molar refractivity (Wildman–Crippen MR) is 136 cm³/mol. The minimum Gasteiger partial charge on any atom is -0.466 e. The second-order valence-electron chi connectivity index (χ2n) is 9.49. The summed E-state index contributed by atoms with van der Waals surface area (Å²) in [5.41, 5.74) is 0.620. The molecule has 196 valence electrons. The van der Waals surface area contributed by atoms with Crippen molar-refractivity contribution in [2.45, 2.75) is 51.4 Å². The average Bonchev–Trinajstić information content (AvgIpc) is 3.52. The highest BCUT2D eigenvalue weighted by atomic mass is 16.6. The van der Waals surface area contributed by atoms with Crippen molar-refractivity contribution in [1.29, 1.82) is 0 Å². The summed E-state index contributed by atoms with van der Waals surface area (Å²) in [4.78, 5) is 45.9. The van der Waals surface area contributed by atoms with Crippen molar-refractivity contribution >= 4 is 29.2 Å². The van der Waals surface area contributed by atoms with Crippen LogP contribution in [0.25, 0.3) is 0 Å². The van der Waals surface area contributed by atoms with Crippen molar-refractivity contribution in [3.63, 3.8) is 0 Å². The maximum atomic E-state index is 14.2. The second kappa shape index (κ2) is 10.6. The zero-order chi connectivity index (χ0) is 26.0. The van der Waals surface area contributed by atoms with Crippen molar-refractivity contribution in [2.24, 2.45) is 11.8 Å². The number of aliphatic hydroxyl groups excluding tert-OH is 1. The monoisotopic (exact) mass is 499 g/mol. The van der Waals surface area contributed by atoms with Crippen molar-refractivity contribution in [2.75, 3.05) is 49.2 Å². The van der Waals surface area contributed by atoms with Crippen LogP contribution < -0.4 is 9.80 Å². The third kappa shape index (κ3) is 4.08. The van der Waals surface area contributed by atoms with Crippen LogP contribution in [-0.4, -0.2) is 84.9 Å². The van der Waals surface area contributed by atoms with Gasteiger partial charge in [-0.2, -0.15) is 0 Å². The van der Waals surface area contributed by atoms with E-state index in [-0.39, 0.29) is 38.1 Å². The molecule has 9 heteroatoms. The third-order valence-electron chi connectivity index (χ3n) is 7.80. The first-order valence-electron chi connectivity index (χ1n) is 12.9. The van der Waals surface area contributed by atoms with Crippen molar-refractivity contribution in [1.82, 2.24) is 4.90 Å². The van der Waals surface area contributed by atoms with E-state index in [4.69, 9.17) is 9.47 Å². The predicted octanol–water partition coefficient (Wildman–Crippen LogP) is 1.98. The number of β-amino-alcohol motifs (C(OH)–C–C–N with tert-alkyl or cyclic N) is 1. The fraction of sp³-hybridized carbons (Fsp3) is 0.593. The number of fused-ring (bicyclic) bond motifs is 1. The third-order valence-corrected chi connectivity index (χ3v) is 7.80. The summed E-state index contributed by atoms with van der Waals surface area (Å²) >= 11 is 0. The molecular formula is C27H37N3O6. The summed E-state index contributed by atoms with van der Waals surface area (Å²) in [6.07, 6.45) is 2.26. The molecule has 3 aliphatic heterocycles. The molecule has 2 bridgehead atoms. The van der Waals surface area contributed by atoms with Crippen LogP contribution in [0.15, 0.2) is 36.9 Å². The molecule has 0 aromatic heterocycles. The van der Waals surface area contributed by atoms with Crippen molar-refractivity contribution < 1.29 is 29.0 Å². The van der Waals surface area contributed by atoms with E-state index in [2.05, 4.69) is 25.3 Å².